The smallest absolute Gasteiger partial charge is 0.325 e. The van der Waals surface area contributed by atoms with Gasteiger partial charge in [-0.25, -0.2) is 0 Å². The van der Waals surface area contributed by atoms with Crippen LogP contribution in [0, 0.1) is 6.92 Å². The van der Waals surface area contributed by atoms with Crippen molar-refractivity contribution < 1.29 is 14.3 Å². The molecule has 5 nitrogen and oxygen atoms in total. The predicted molar refractivity (Wildman–Crippen MR) is 71.8 cm³/mol. The number of carbonyl (C=O) groups is 2. The Morgan fingerprint density at radius 2 is 2.11 bits per heavy atom. The van der Waals surface area contributed by atoms with Gasteiger partial charge in [-0.3, -0.25) is 14.6 Å². The number of rotatable bonds is 5. The van der Waals surface area contributed by atoms with Crippen molar-refractivity contribution in [2.75, 3.05) is 13.2 Å². The zero-order valence-electron chi connectivity index (χ0n) is 11.8. The van der Waals surface area contributed by atoms with Crippen LogP contribution in [0.4, 0.5) is 0 Å². The monoisotopic (exact) mass is 264 g/mol. The summed E-state index contributed by atoms with van der Waals surface area (Å²) in [5.41, 5.74) is 1.30. The summed E-state index contributed by atoms with van der Waals surface area (Å²) in [4.78, 5) is 29.4. The largest absolute Gasteiger partial charge is 0.465 e. The third-order valence-electron chi connectivity index (χ3n) is 2.63. The summed E-state index contributed by atoms with van der Waals surface area (Å²) in [5.74, 6) is -0.580. The first kappa shape index (κ1) is 15.1. The van der Waals surface area contributed by atoms with Gasteiger partial charge in [0.1, 0.15) is 6.54 Å². The van der Waals surface area contributed by atoms with Crippen molar-refractivity contribution >= 4 is 11.9 Å². The zero-order valence-corrected chi connectivity index (χ0v) is 11.8. The van der Waals surface area contributed by atoms with Crippen molar-refractivity contribution in [2.45, 2.75) is 33.7 Å². The van der Waals surface area contributed by atoms with Gasteiger partial charge in [0.15, 0.2) is 0 Å². The maximum Gasteiger partial charge on any atom is 0.325 e. The lowest BCUT2D eigenvalue weighted by Crippen LogP contribution is -2.41. The molecule has 0 bridgehead atoms. The standard InChI is InChI=1S/C14H20N2O3/c1-5-19-13(17)9-16(10(2)3)14(18)12-6-7-15-11(4)8-12/h6-8,10H,5,9H2,1-4H3. The molecule has 0 saturated carbocycles. The lowest BCUT2D eigenvalue weighted by molar-refractivity contribution is -0.144. The summed E-state index contributed by atoms with van der Waals surface area (Å²) in [5, 5.41) is 0. The lowest BCUT2D eigenvalue weighted by Gasteiger charge is -2.25. The average molecular weight is 264 g/mol. The molecule has 0 aliphatic rings. The van der Waals surface area contributed by atoms with E-state index in [4.69, 9.17) is 4.74 Å². The van der Waals surface area contributed by atoms with E-state index in [1.54, 1.807) is 25.3 Å². The Balaban J connectivity index is 2.87. The van der Waals surface area contributed by atoms with E-state index >= 15 is 0 Å². The highest BCUT2D eigenvalue weighted by Gasteiger charge is 2.22. The maximum absolute atomic E-state index is 12.4. The normalized spacial score (nSPS) is 10.4. The molecule has 0 aliphatic carbocycles. The van der Waals surface area contributed by atoms with Crippen molar-refractivity contribution in [3.63, 3.8) is 0 Å². The predicted octanol–water partition coefficient (Wildman–Crippen LogP) is 1.80. The Labute approximate surface area is 113 Å². The minimum atomic E-state index is -0.393. The van der Waals surface area contributed by atoms with Gasteiger partial charge in [0.25, 0.3) is 5.91 Å². The molecule has 1 heterocycles. The molecule has 1 aromatic heterocycles. The van der Waals surface area contributed by atoms with Crippen LogP contribution in [0.1, 0.15) is 36.8 Å². The number of hydrogen-bond acceptors (Lipinski definition) is 4. The molecule has 0 atom stereocenters. The second-order valence-electron chi connectivity index (χ2n) is 4.52. The van der Waals surface area contributed by atoms with Crippen molar-refractivity contribution in [1.82, 2.24) is 9.88 Å². The number of hydrogen-bond donors (Lipinski definition) is 0. The number of aryl methyl sites for hydroxylation is 1. The van der Waals surface area contributed by atoms with E-state index in [0.29, 0.717) is 12.2 Å². The molecule has 5 heteroatoms. The molecule has 0 aromatic carbocycles. The van der Waals surface area contributed by atoms with Crippen LogP contribution in [0.2, 0.25) is 0 Å². The fourth-order valence-electron chi connectivity index (χ4n) is 1.68. The summed E-state index contributed by atoms with van der Waals surface area (Å²) >= 11 is 0. The number of aromatic nitrogens is 1. The molecule has 0 radical (unpaired) electrons. The van der Waals surface area contributed by atoms with Crippen LogP contribution >= 0.6 is 0 Å². The van der Waals surface area contributed by atoms with Crippen molar-refractivity contribution in [3.8, 4) is 0 Å². The van der Waals surface area contributed by atoms with Crippen LogP contribution in [0.5, 0.6) is 0 Å². The molecular weight excluding hydrogens is 244 g/mol. The van der Waals surface area contributed by atoms with Gasteiger partial charge in [-0.1, -0.05) is 0 Å². The first-order chi connectivity index (χ1) is 8.95. The van der Waals surface area contributed by atoms with E-state index in [0.717, 1.165) is 5.69 Å². The minimum Gasteiger partial charge on any atom is -0.465 e. The van der Waals surface area contributed by atoms with Crippen molar-refractivity contribution in [2.24, 2.45) is 0 Å². The van der Waals surface area contributed by atoms with E-state index in [1.165, 1.54) is 4.90 Å². The molecular formula is C14H20N2O3. The summed E-state index contributed by atoms with van der Waals surface area (Å²) in [6, 6.07) is 3.28. The molecule has 0 aliphatic heterocycles. The molecule has 0 fully saturated rings. The summed E-state index contributed by atoms with van der Waals surface area (Å²) in [6.45, 7) is 7.57. The summed E-state index contributed by atoms with van der Waals surface area (Å²) in [7, 11) is 0. The van der Waals surface area contributed by atoms with E-state index in [9.17, 15) is 9.59 Å². The number of pyridine rings is 1. The van der Waals surface area contributed by atoms with Crippen molar-refractivity contribution in [3.05, 3.63) is 29.6 Å². The van der Waals surface area contributed by atoms with Gasteiger partial charge in [0, 0.05) is 23.5 Å². The van der Waals surface area contributed by atoms with Gasteiger partial charge >= 0.3 is 5.97 Å². The van der Waals surface area contributed by atoms with Crippen LogP contribution in [0.25, 0.3) is 0 Å². The van der Waals surface area contributed by atoms with E-state index < -0.39 is 5.97 Å². The first-order valence-electron chi connectivity index (χ1n) is 6.35. The van der Waals surface area contributed by atoms with Gasteiger partial charge in [-0.15, -0.1) is 0 Å². The van der Waals surface area contributed by atoms with Gasteiger partial charge in [-0.05, 0) is 39.8 Å². The quantitative estimate of drug-likeness (QED) is 0.761. The molecule has 0 N–H and O–H groups in total. The SMILES string of the molecule is CCOC(=O)CN(C(=O)c1ccnc(C)c1)C(C)C. The highest BCUT2D eigenvalue weighted by Crippen LogP contribution is 2.09. The second-order valence-corrected chi connectivity index (χ2v) is 4.52. The molecule has 1 amide bonds. The van der Waals surface area contributed by atoms with E-state index in [-0.39, 0.29) is 18.5 Å². The van der Waals surface area contributed by atoms with Gasteiger partial charge in [0.05, 0.1) is 6.61 Å². The number of ether oxygens (including phenoxy) is 1. The molecule has 0 unspecified atom stereocenters. The number of carbonyl (C=O) groups excluding carboxylic acids is 2. The minimum absolute atomic E-state index is 0.0360. The molecule has 0 spiro atoms. The Hall–Kier alpha value is -1.91. The van der Waals surface area contributed by atoms with Crippen LogP contribution in [-0.2, 0) is 9.53 Å². The van der Waals surface area contributed by atoms with E-state index in [2.05, 4.69) is 4.98 Å². The van der Waals surface area contributed by atoms with Gasteiger partial charge in [-0.2, -0.15) is 0 Å². The summed E-state index contributed by atoms with van der Waals surface area (Å²) < 4.78 is 4.89. The first-order valence-corrected chi connectivity index (χ1v) is 6.35. The van der Waals surface area contributed by atoms with Crippen LogP contribution in [0.3, 0.4) is 0 Å². The van der Waals surface area contributed by atoms with Gasteiger partial charge < -0.3 is 9.64 Å². The third-order valence-corrected chi connectivity index (χ3v) is 2.63. The number of nitrogens with zero attached hydrogens (tertiary/aromatic N) is 2. The Bertz CT molecular complexity index is 458. The maximum atomic E-state index is 12.4. The second kappa shape index (κ2) is 6.87. The van der Waals surface area contributed by atoms with Crippen LogP contribution in [-0.4, -0.2) is 41.0 Å². The summed E-state index contributed by atoms with van der Waals surface area (Å²) in [6.07, 6.45) is 1.59. The Morgan fingerprint density at radius 1 is 1.42 bits per heavy atom. The zero-order chi connectivity index (χ0) is 14.4. The average Bonchev–Trinajstić information content (AvgIpc) is 2.35. The van der Waals surface area contributed by atoms with Crippen LogP contribution in [0.15, 0.2) is 18.3 Å². The number of amides is 1. The molecule has 104 valence electrons. The van der Waals surface area contributed by atoms with Crippen molar-refractivity contribution in [1.29, 1.82) is 0 Å². The highest BCUT2D eigenvalue weighted by atomic mass is 16.5. The molecule has 1 aromatic rings. The van der Waals surface area contributed by atoms with Crippen LogP contribution < -0.4 is 0 Å². The molecule has 19 heavy (non-hydrogen) atoms. The topological polar surface area (TPSA) is 59.5 Å². The van der Waals surface area contributed by atoms with E-state index in [1.807, 2.05) is 20.8 Å². The Morgan fingerprint density at radius 3 is 2.63 bits per heavy atom. The van der Waals surface area contributed by atoms with Gasteiger partial charge in [0.2, 0.25) is 0 Å². The highest BCUT2D eigenvalue weighted by molar-refractivity contribution is 5.96. The number of esters is 1. The lowest BCUT2D eigenvalue weighted by atomic mass is 10.2. The molecule has 0 saturated heterocycles. The fraction of sp³-hybridized carbons (Fsp3) is 0.500. The molecule has 1 rings (SSSR count). The Kier molecular flexibility index (Phi) is 5.48. The fourth-order valence-corrected chi connectivity index (χ4v) is 1.68. The third kappa shape index (κ3) is 4.35.